The highest BCUT2D eigenvalue weighted by atomic mass is 35.5. The van der Waals surface area contributed by atoms with Gasteiger partial charge in [0, 0.05) is 49.4 Å². The molecule has 6 N–H and O–H groups in total. The number of hydrogen-bond donors (Lipinski definition) is 6. The number of likely N-dealkylation sites (N-methyl/N-ethyl adjacent to an activating group) is 3. The minimum Gasteiger partial charge on any atom is -0.390 e. The monoisotopic (exact) mass is 843 g/mol. The summed E-state index contributed by atoms with van der Waals surface area (Å²) in [6.07, 6.45) is 13.1. The van der Waals surface area contributed by atoms with E-state index in [1.165, 1.54) is 74.5 Å². The zero-order valence-electron chi connectivity index (χ0n) is 36.1. The van der Waals surface area contributed by atoms with Crippen molar-refractivity contribution in [2.45, 2.75) is 170 Å². The van der Waals surface area contributed by atoms with Gasteiger partial charge in [-0.3, -0.25) is 0 Å². The molecule has 6 rings (SSSR count). The highest BCUT2D eigenvalue weighted by Crippen LogP contribution is 2.50. The van der Waals surface area contributed by atoms with Gasteiger partial charge >= 0.3 is 0 Å². The average Bonchev–Trinajstić information content (AvgIpc) is 3.07. The van der Waals surface area contributed by atoms with Crippen LogP contribution in [0.5, 0.6) is 0 Å². The molecule has 3 aliphatic carbocycles. The van der Waals surface area contributed by atoms with Gasteiger partial charge in [-0.25, -0.2) is 0 Å². The molecule has 0 aliphatic heterocycles. The SMILES string of the molecule is CNC(CC(C)(C)O)C1(c2ccc(Cl)cc2)CCC1.CN[C@@H](CC(C)(C)O)C1(c2ccc(Cl)cc2)CCC1.CN[C@H](CC(C)(C)O)C1(c2ccc(Cl)cc2)CCC1. The van der Waals surface area contributed by atoms with E-state index in [0.717, 1.165) is 34.3 Å². The molecule has 0 saturated heterocycles. The summed E-state index contributed by atoms with van der Waals surface area (Å²) >= 11 is 18.0. The Balaban J connectivity index is 0.000000189. The number of halogens is 3. The largest absolute Gasteiger partial charge is 0.390 e. The van der Waals surface area contributed by atoms with Crippen LogP contribution in [0.25, 0.3) is 0 Å². The third-order valence-corrected chi connectivity index (χ3v) is 13.9. The van der Waals surface area contributed by atoms with Crippen molar-refractivity contribution >= 4 is 34.8 Å². The van der Waals surface area contributed by atoms with Gasteiger partial charge in [-0.2, -0.15) is 0 Å². The second kappa shape index (κ2) is 19.8. The van der Waals surface area contributed by atoms with E-state index in [9.17, 15) is 15.3 Å². The predicted molar refractivity (Wildman–Crippen MR) is 242 cm³/mol. The summed E-state index contributed by atoms with van der Waals surface area (Å²) in [4.78, 5) is 0. The number of rotatable bonds is 15. The Kier molecular flexibility index (Phi) is 16.6. The van der Waals surface area contributed by atoms with Crippen molar-refractivity contribution < 1.29 is 15.3 Å². The van der Waals surface area contributed by atoms with Crippen LogP contribution in [0.3, 0.4) is 0 Å². The average molecular weight is 845 g/mol. The Hall–Kier alpha value is -1.71. The van der Waals surface area contributed by atoms with Crippen molar-refractivity contribution in [1.29, 1.82) is 0 Å². The van der Waals surface area contributed by atoms with Crippen LogP contribution in [-0.2, 0) is 16.2 Å². The Labute approximate surface area is 359 Å². The molecule has 1 unspecified atom stereocenters. The lowest BCUT2D eigenvalue weighted by Gasteiger charge is -2.49. The van der Waals surface area contributed by atoms with Crippen LogP contribution in [0.2, 0.25) is 15.1 Å². The summed E-state index contributed by atoms with van der Waals surface area (Å²) < 4.78 is 0. The lowest BCUT2D eigenvalue weighted by atomic mass is 9.58. The first kappa shape index (κ1) is 48.0. The van der Waals surface area contributed by atoms with E-state index >= 15 is 0 Å². The van der Waals surface area contributed by atoms with Crippen LogP contribution < -0.4 is 16.0 Å². The van der Waals surface area contributed by atoms with E-state index < -0.39 is 16.8 Å². The highest BCUT2D eigenvalue weighted by molar-refractivity contribution is 6.31. The molecule has 0 heterocycles. The molecule has 0 spiro atoms. The lowest BCUT2D eigenvalue weighted by molar-refractivity contribution is 0.0332. The molecule has 3 aromatic carbocycles. The molecule has 0 aromatic heterocycles. The van der Waals surface area contributed by atoms with E-state index in [-0.39, 0.29) is 16.2 Å². The molecule has 3 aromatic rings. The fraction of sp³-hybridized carbons (Fsp3) is 0.625. The van der Waals surface area contributed by atoms with Gasteiger partial charge in [0.05, 0.1) is 16.8 Å². The van der Waals surface area contributed by atoms with Gasteiger partial charge in [0.2, 0.25) is 0 Å². The van der Waals surface area contributed by atoms with E-state index in [2.05, 4.69) is 52.3 Å². The van der Waals surface area contributed by atoms with Gasteiger partial charge in [0.15, 0.2) is 0 Å². The van der Waals surface area contributed by atoms with Crippen LogP contribution in [0.4, 0.5) is 0 Å². The van der Waals surface area contributed by atoms with Crippen LogP contribution in [0.15, 0.2) is 72.8 Å². The number of nitrogens with one attached hydrogen (secondary N) is 3. The fourth-order valence-corrected chi connectivity index (χ4v) is 10.1. The zero-order chi connectivity index (χ0) is 42.3. The summed E-state index contributed by atoms with van der Waals surface area (Å²) in [5, 5.41) is 43.0. The molecular formula is C48H72Cl3N3O3. The smallest absolute Gasteiger partial charge is 0.0606 e. The third kappa shape index (κ3) is 12.4. The van der Waals surface area contributed by atoms with Crippen molar-refractivity contribution in [1.82, 2.24) is 16.0 Å². The number of aliphatic hydroxyl groups is 3. The molecule has 3 saturated carbocycles. The summed E-state index contributed by atoms with van der Waals surface area (Å²) in [7, 11) is 5.98. The number of benzene rings is 3. The number of hydrogen-bond acceptors (Lipinski definition) is 6. The van der Waals surface area contributed by atoms with E-state index in [1.807, 2.05) is 99.1 Å². The molecular weight excluding hydrogens is 773 g/mol. The van der Waals surface area contributed by atoms with E-state index in [4.69, 9.17) is 34.8 Å². The van der Waals surface area contributed by atoms with Gasteiger partial charge in [-0.05, 0) is 174 Å². The van der Waals surface area contributed by atoms with Gasteiger partial charge < -0.3 is 31.3 Å². The zero-order valence-corrected chi connectivity index (χ0v) is 38.4. The van der Waals surface area contributed by atoms with Crippen LogP contribution in [-0.4, -0.2) is 71.4 Å². The predicted octanol–water partition coefficient (Wildman–Crippen LogP) is 10.5. The van der Waals surface area contributed by atoms with Crippen molar-refractivity contribution in [2.24, 2.45) is 0 Å². The van der Waals surface area contributed by atoms with Crippen LogP contribution >= 0.6 is 34.8 Å². The first-order valence-corrected chi connectivity index (χ1v) is 22.2. The Morgan fingerprint density at radius 1 is 0.439 bits per heavy atom. The van der Waals surface area contributed by atoms with E-state index in [0.29, 0.717) is 18.1 Å². The molecule has 0 radical (unpaired) electrons. The third-order valence-electron chi connectivity index (χ3n) is 13.2. The Morgan fingerprint density at radius 3 is 0.754 bits per heavy atom. The standard InChI is InChI=1S/3C16H24ClNO/c3*1-15(2,19)11-14(18-3)16(9-4-10-16)12-5-7-13(17)8-6-12/h3*5-8,14,18-19H,4,9-11H2,1-3H3/t2*14-;/m10./s1. The quantitative estimate of drug-likeness (QED) is 0.0912. The Bertz CT molecular complexity index is 1450. The molecule has 9 heteroatoms. The molecule has 6 nitrogen and oxygen atoms in total. The maximum absolute atomic E-state index is 10.1. The molecule has 0 amide bonds. The normalized spacial score (nSPS) is 19.8. The van der Waals surface area contributed by atoms with Crippen LogP contribution in [0.1, 0.15) is 135 Å². The maximum atomic E-state index is 10.1. The summed E-state index contributed by atoms with van der Waals surface area (Å²) in [5.74, 6) is 0. The summed E-state index contributed by atoms with van der Waals surface area (Å²) in [6, 6.07) is 25.5. The highest BCUT2D eigenvalue weighted by Gasteiger charge is 2.48. The van der Waals surface area contributed by atoms with Crippen molar-refractivity contribution in [3.8, 4) is 0 Å². The summed E-state index contributed by atoms with van der Waals surface area (Å²) in [5.41, 5.74) is 2.52. The first-order valence-electron chi connectivity index (χ1n) is 21.1. The van der Waals surface area contributed by atoms with Crippen molar-refractivity contribution in [2.75, 3.05) is 21.1 Å². The minimum atomic E-state index is -0.650. The fourth-order valence-electron chi connectivity index (χ4n) is 9.75. The van der Waals surface area contributed by atoms with Crippen LogP contribution in [0, 0.1) is 0 Å². The van der Waals surface area contributed by atoms with Crippen molar-refractivity contribution in [3.63, 3.8) is 0 Å². The van der Waals surface area contributed by atoms with Crippen molar-refractivity contribution in [3.05, 3.63) is 105 Å². The Morgan fingerprint density at radius 2 is 0.632 bits per heavy atom. The summed E-state index contributed by atoms with van der Waals surface area (Å²) in [6.45, 7) is 11.3. The first-order chi connectivity index (χ1) is 26.6. The molecule has 3 aliphatic rings. The molecule has 3 fully saturated rings. The molecule has 0 bridgehead atoms. The van der Waals surface area contributed by atoms with Gasteiger partial charge in [0.1, 0.15) is 0 Å². The second-order valence-corrected chi connectivity index (χ2v) is 20.4. The lowest BCUT2D eigenvalue weighted by Crippen LogP contribution is -2.54. The molecule has 3 atom stereocenters. The topological polar surface area (TPSA) is 96.8 Å². The van der Waals surface area contributed by atoms with Gasteiger partial charge in [-0.1, -0.05) is 90.5 Å². The van der Waals surface area contributed by atoms with Gasteiger partial charge in [0.25, 0.3) is 0 Å². The maximum Gasteiger partial charge on any atom is 0.0606 e. The van der Waals surface area contributed by atoms with E-state index in [1.54, 1.807) is 0 Å². The molecule has 57 heavy (non-hydrogen) atoms. The second-order valence-electron chi connectivity index (χ2n) is 19.1. The molecule has 318 valence electrons. The minimum absolute atomic E-state index is 0.152. The van der Waals surface area contributed by atoms with Gasteiger partial charge in [-0.15, -0.1) is 0 Å².